The van der Waals surface area contributed by atoms with Gasteiger partial charge in [0.15, 0.2) is 0 Å². The van der Waals surface area contributed by atoms with Gasteiger partial charge in [0, 0.05) is 31.6 Å². The Balaban J connectivity index is 1.45. The summed E-state index contributed by atoms with van der Waals surface area (Å²) in [6, 6.07) is 15.6. The summed E-state index contributed by atoms with van der Waals surface area (Å²) in [7, 11) is 2.12. The third-order valence-corrected chi connectivity index (χ3v) is 6.00. The molecular weight excluding hydrogens is 365 g/mol. The maximum Gasteiger partial charge on any atom is 0.416 e. The van der Waals surface area contributed by atoms with Crippen molar-refractivity contribution in [2.75, 3.05) is 26.7 Å². The Labute approximate surface area is 162 Å². The lowest BCUT2D eigenvalue weighted by Gasteiger charge is -2.27. The van der Waals surface area contributed by atoms with E-state index in [2.05, 4.69) is 24.1 Å². The van der Waals surface area contributed by atoms with E-state index in [1.807, 2.05) is 23.1 Å². The molecule has 0 bridgehead atoms. The van der Waals surface area contributed by atoms with Crippen LogP contribution in [0.3, 0.4) is 0 Å². The molecule has 3 nitrogen and oxygen atoms in total. The van der Waals surface area contributed by atoms with Gasteiger partial charge in [-0.15, -0.1) is 0 Å². The van der Waals surface area contributed by atoms with E-state index in [9.17, 15) is 18.0 Å². The number of rotatable bonds is 3. The fourth-order valence-electron chi connectivity index (χ4n) is 4.76. The second kappa shape index (κ2) is 7.24. The molecule has 2 aromatic carbocycles. The molecule has 2 saturated heterocycles. The maximum absolute atomic E-state index is 12.9. The number of fused-ring (bicyclic) bond motifs is 1. The van der Waals surface area contributed by atoms with Gasteiger partial charge in [0.05, 0.1) is 12.0 Å². The summed E-state index contributed by atoms with van der Waals surface area (Å²) in [5.41, 5.74) is 0.958. The largest absolute Gasteiger partial charge is 0.416 e. The summed E-state index contributed by atoms with van der Waals surface area (Å²) in [5.74, 6) is 0.668. The molecule has 0 spiro atoms. The average Bonchev–Trinajstić information content (AvgIpc) is 3.18. The van der Waals surface area contributed by atoms with Gasteiger partial charge >= 0.3 is 6.18 Å². The van der Waals surface area contributed by atoms with Gasteiger partial charge in [-0.05, 0) is 30.2 Å². The van der Waals surface area contributed by atoms with Crippen LogP contribution in [0.25, 0.3) is 0 Å². The molecule has 2 fully saturated rings. The van der Waals surface area contributed by atoms with Crippen LogP contribution in [0.4, 0.5) is 13.2 Å². The Hall–Kier alpha value is -2.34. The molecule has 2 aliphatic heterocycles. The molecule has 2 aliphatic rings. The average molecular weight is 388 g/mol. The van der Waals surface area contributed by atoms with Gasteiger partial charge in [-0.3, -0.25) is 9.69 Å². The van der Waals surface area contributed by atoms with Gasteiger partial charge in [-0.2, -0.15) is 13.2 Å². The monoisotopic (exact) mass is 388 g/mol. The van der Waals surface area contributed by atoms with Crippen molar-refractivity contribution in [3.8, 4) is 0 Å². The second-order valence-electron chi connectivity index (χ2n) is 7.89. The highest BCUT2D eigenvalue weighted by atomic mass is 19.4. The quantitative estimate of drug-likeness (QED) is 0.793. The molecule has 0 unspecified atom stereocenters. The molecule has 0 saturated carbocycles. The van der Waals surface area contributed by atoms with Crippen LogP contribution in [0.15, 0.2) is 54.6 Å². The number of nitrogens with zero attached hydrogens (tertiary/aromatic N) is 2. The predicted octanol–water partition coefficient (Wildman–Crippen LogP) is 4.01. The topological polar surface area (TPSA) is 23.6 Å². The first-order valence-electron chi connectivity index (χ1n) is 9.52. The molecule has 6 heteroatoms. The molecule has 2 heterocycles. The number of likely N-dealkylation sites (tertiary alicyclic amines) is 2. The smallest absolute Gasteiger partial charge is 0.342 e. The molecule has 28 heavy (non-hydrogen) atoms. The van der Waals surface area contributed by atoms with E-state index in [1.165, 1.54) is 11.6 Å². The summed E-state index contributed by atoms with van der Waals surface area (Å²) < 4.78 is 38.7. The van der Waals surface area contributed by atoms with Gasteiger partial charge in [0.25, 0.3) is 0 Å². The Morgan fingerprint density at radius 1 is 1.04 bits per heavy atom. The number of carbonyl (C=O) groups is 1. The zero-order valence-electron chi connectivity index (χ0n) is 15.7. The number of hydrogen-bond donors (Lipinski definition) is 0. The van der Waals surface area contributed by atoms with Crippen LogP contribution in [0, 0.1) is 11.8 Å². The summed E-state index contributed by atoms with van der Waals surface area (Å²) in [4.78, 5) is 16.9. The fraction of sp³-hybridized carbons (Fsp3) is 0.409. The van der Waals surface area contributed by atoms with Crippen LogP contribution >= 0.6 is 0 Å². The van der Waals surface area contributed by atoms with Crippen LogP contribution in [-0.4, -0.2) is 42.4 Å². The van der Waals surface area contributed by atoms with E-state index < -0.39 is 11.7 Å². The molecule has 1 amide bonds. The maximum atomic E-state index is 12.9. The first-order valence-corrected chi connectivity index (χ1v) is 9.52. The van der Waals surface area contributed by atoms with E-state index in [4.69, 9.17) is 0 Å². The molecule has 2 aromatic rings. The van der Waals surface area contributed by atoms with E-state index in [0.29, 0.717) is 30.5 Å². The number of hydrogen-bond acceptors (Lipinski definition) is 2. The number of carbonyl (C=O) groups excluding carboxylic acids is 1. The van der Waals surface area contributed by atoms with Gasteiger partial charge in [-0.1, -0.05) is 48.5 Å². The van der Waals surface area contributed by atoms with Crippen molar-refractivity contribution in [3.05, 3.63) is 71.3 Å². The van der Waals surface area contributed by atoms with Crippen LogP contribution in [-0.2, 0) is 17.4 Å². The molecule has 0 aliphatic carbocycles. The van der Waals surface area contributed by atoms with Gasteiger partial charge in [0.2, 0.25) is 5.91 Å². The Morgan fingerprint density at radius 2 is 1.79 bits per heavy atom. The standard InChI is InChI=1S/C22H23F3N2O/c1-26-12-17-13-27(14-19(17)21(26)16-7-3-2-4-8-16)20(28)11-15-6-5-9-18(10-15)22(23,24)25/h2-10,17,19,21H,11-14H2,1H3/t17-,19+,21-/m0/s1. The van der Waals surface area contributed by atoms with Crippen molar-refractivity contribution < 1.29 is 18.0 Å². The molecule has 0 radical (unpaired) electrons. The normalized spacial score (nSPS) is 25.1. The van der Waals surface area contributed by atoms with Gasteiger partial charge in [0.1, 0.15) is 0 Å². The molecule has 3 atom stereocenters. The van der Waals surface area contributed by atoms with Crippen LogP contribution in [0.2, 0.25) is 0 Å². The molecule has 148 valence electrons. The second-order valence-corrected chi connectivity index (χ2v) is 7.89. The first kappa shape index (κ1) is 19.0. The summed E-state index contributed by atoms with van der Waals surface area (Å²) in [6.45, 7) is 2.26. The zero-order chi connectivity index (χ0) is 19.9. The zero-order valence-corrected chi connectivity index (χ0v) is 15.7. The van der Waals surface area contributed by atoms with Gasteiger partial charge in [-0.25, -0.2) is 0 Å². The lowest BCUT2D eigenvalue weighted by molar-refractivity contribution is -0.138. The number of amides is 1. The van der Waals surface area contributed by atoms with E-state index in [-0.39, 0.29) is 18.4 Å². The van der Waals surface area contributed by atoms with E-state index in [1.54, 1.807) is 6.07 Å². The van der Waals surface area contributed by atoms with Gasteiger partial charge < -0.3 is 4.90 Å². The van der Waals surface area contributed by atoms with Crippen molar-refractivity contribution in [2.45, 2.75) is 18.6 Å². The molecular formula is C22H23F3N2O. The Bertz CT molecular complexity index is 852. The number of benzene rings is 2. The van der Waals surface area contributed by atoms with Crippen LogP contribution in [0.1, 0.15) is 22.7 Å². The highest BCUT2D eigenvalue weighted by Gasteiger charge is 2.47. The fourth-order valence-corrected chi connectivity index (χ4v) is 4.76. The third-order valence-electron chi connectivity index (χ3n) is 6.00. The minimum atomic E-state index is -4.39. The molecule has 0 N–H and O–H groups in total. The van der Waals surface area contributed by atoms with Crippen LogP contribution in [0.5, 0.6) is 0 Å². The summed E-state index contributed by atoms with van der Waals surface area (Å²) >= 11 is 0. The van der Waals surface area contributed by atoms with Crippen LogP contribution < -0.4 is 0 Å². The lowest BCUT2D eigenvalue weighted by atomic mass is 9.90. The summed E-state index contributed by atoms with van der Waals surface area (Å²) in [5, 5.41) is 0. The van der Waals surface area contributed by atoms with E-state index >= 15 is 0 Å². The van der Waals surface area contributed by atoms with Crippen molar-refractivity contribution in [1.82, 2.24) is 9.80 Å². The van der Waals surface area contributed by atoms with E-state index in [0.717, 1.165) is 18.7 Å². The SMILES string of the molecule is CN1C[C@H]2CN(C(=O)Cc3cccc(C(F)(F)F)c3)C[C@H]2[C@@H]1c1ccccc1. The Kier molecular flexibility index (Phi) is 4.91. The minimum Gasteiger partial charge on any atom is -0.342 e. The van der Waals surface area contributed by atoms with Crippen molar-refractivity contribution >= 4 is 5.91 Å². The number of alkyl halides is 3. The lowest BCUT2D eigenvalue weighted by Crippen LogP contribution is -2.34. The third kappa shape index (κ3) is 3.65. The highest BCUT2D eigenvalue weighted by molar-refractivity contribution is 5.79. The highest BCUT2D eigenvalue weighted by Crippen LogP contribution is 2.44. The Morgan fingerprint density at radius 3 is 2.50 bits per heavy atom. The van der Waals surface area contributed by atoms with Crippen molar-refractivity contribution in [1.29, 1.82) is 0 Å². The predicted molar refractivity (Wildman–Crippen MR) is 101 cm³/mol. The summed E-state index contributed by atoms with van der Waals surface area (Å²) in [6.07, 6.45) is -4.38. The van der Waals surface area contributed by atoms with Crippen molar-refractivity contribution in [3.63, 3.8) is 0 Å². The first-order chi connectivity index (χ1) is 13.3. The number of halogens is 3. The molecule has 4 rings (SSSR count). The molecule has 0 aromatic heterocycles. The minimum absolute atomic E-state index is 0.00913. The van der Waals surface area contributed by atoms with Crippen molar-refractivity contribution in [2.24, 2.45) is 11.8 Å².